The quantitative estimate of drug-likeness (QED) is 0.709. The highest BCUT2D eigenvalue weighted by Crippen LogP contribution is 2.31. The first-order chi connectivity index (χ1) is 9.17. The molecule has 0 spiro atoms. The van der Waals surface area contributed by atoms with E-state index < -0.39 is 0 Å². The molecular weight excluding hydrogens is 261 g/mol. The van der Waals surface area contributed by atoms with Gasteiger partial charge in [-0.1, -0.05) is 29.8 Å². The van der Waals surface area contributed by atoms with E-state index >= 15 is 0 Å². The van der Waals surface area contributed by atoms with Crippen LogP contribution < -0.4 is 4.90 Å². The molecule has 1 nitrogen and oxygen atoms in total. The van der Waals surface area contributed by atoms with Gasteiger partial charge >= 0.3 is 0 Å². The van der Waals surface area contributed by atoms with Crippen LogP contribution >= 0.6 is 11.6 Å². The number of anilines is 2. The largest absolute Gasteiger partial charge is 0.339 e. The Bertz CT molecular complexity index is 568. The molecule has 0 heterocycles. The van der Waals surface area contributed by atoms with Crippen molar-refractivity contribution in [1.29, 1.82) is 0 Å². The number of hydrogen-bond donors (Lipinski definition) is 0. The van der Waals surface area contributed by atoms with E-state index in [0.29, 0.717) is 18.1 Å². The fraction of sp³-hybridized carbons (Fsp3) is 0.250. The molecule has 0 fully saturated rings. The molecule has 0 aliphatic rings. The van der Waals surface area contributed by atoms with Gasteiger partial charge in [0.1, 0.15) is 5.82 Å². The monoisotopic (exact) mass is 277 g/mol. The van der Waals surface area contributed by atoms with Gasteiger partial charge in [-0.3, -0.25) is 0 Å². The van der Waals surface area contributed by atoms with E-state index in [0.717, 1.165) is 16.8 Å². The van der Waals surface area contributed by atoms with Crippen molar-refractivity contribution in [3.63, 3.8) is 0 Å². The molecular formula is C16H17ClFN. The minimum atomic E-state index is -0.217. The van der Waals surface area contributed by atoms with E-state index in [-0.39, 0.29) is 5.82 Å². The van der Waals surface area contributed by atoms with Crippen LogP contribution in [-0.2, 0) is 5.88 Å². The molecule has 19 heavy (non-hydrogen) atoms. The van der Waals surface area contributed by atoms with Gasteiger partial charge in [0.2, 0.25) is 0 Å². The van der Waals surface area contributed by atoms with Gasteiger partial charge in [0.25, 0.3) is 0 Å². The van der Waals surface area contributed by atoms with Gasteiger partial charge in [0.05, 0.1) is 5.69 Å². The summed E-state index contributed by atoms with van der Waals surface area (Å²) in [6.45, 7) is 4.72. The lowest BCUT2D eigenvalue weighted by Crippen LogP contribution is -2.18. The summed E-state index contributed by atoms with van der Waals surface area (Å²) in [6, 6.07) is 12.9. The maximum atomic E-state index is 14.0. The maximum Gasteiger partial charge on any atom is 0.146 e. The molecule has 2 rings (SSSR count). The van der Waals surface area contributed by atoms with Crippen LogP contribution in [0.1, 0.15) is 18.1 Å². The van der Waals surface area contributed by atoms with Crippen molar-refractivity contribution in [2.75, 3.05) is 11.4 Å². The van der Waals surface area contributed by atoms with Crippen molar-refractivity contribution in [3.8, 4) is 0 Å². The number of rotatable bonds is 4. The molecule has 0 unspecified atom stereocenters. The van der Waals surface area contributed by atoms with Gasteiger partial charge in [-0.05, 0) is 37.6 Å². The average molecular weight is 278 g/mol. The predicted molar refractivity (Wildman–Crippen MR) is 79.8 cm³/mol. The van der Waals surface area contributed by atoms with Crippen molar-refractivity contribution in [2.24, 2.45) is 0 Å². The van der Waals surface area contributed by atoms with E-state index in [1.807, 2.05) is 43.0 Å². The van der Waals surface area contributed by atoms with Crippen LogP contribution in [-0.4, -0.2) is 6.54 Å². The topological polar surface area (TPSA) is 3.24 Å². The van der Waals surface area contributed by atoms with Crippen LogP contribution in [0.5, 0.6) is 0 Å². The van der Waals surface area contributed by atoms with Crippen molar-refractivity contribution < 1.29 is 4.39 Å². The Morgan fingerprint density at radius 1 is 1.11 bits per heavy atom. The Morgan fingerprint density at radius 3 is 2.47 bits per heavy atom. The Morgan fingerprint density at radius 2 is 1.84 bits per heavy atom. The second-order valence-electron chi connectivity index (χ2n) is 4.46. The summed E-state index contributed by atoms with van der Waals surface area (Å²) < 4.78 is 14.0. The lowest BCUT2D eigenvalue weighted by atomic mass is 10.1. The fourth-order valence-corrected chi connectivity index (χ4v) is 2.44. The summed E-state index contributed by atoms with van der Waals surface area (Å²) in [6.07, 6.45) is 0. The normalized spacial score (nSPS) is 10.5. The Balaban J connectivity index is 2.51. The summed E-state index contributed by atoms with van der Waals surface area (Å²) in [5.41, 5.74) is 3.73. The first kappa shape index (κ1) is 13.9. The number of nitrogens with zero attached hydrogens (tertiary/aromatic N) is 1. The van der Waals surface area contributed by atoms with Crippen LogP contribution in [0.4, 0.5) is 15.8 Å². The highest BCUT2D eigenvalue weighted by Gasteiger charge is 2.14. The summed E-state index contributed by atoms with van der Waals surface area (Å²) in [5.74, 6) is 0.201. The van der Waals surface area contributed by atoms with Crippen molar-refractivity contribution >= 4 is 23.0 Å². The Kier molecular flexibility index (Phi) is 4.43. The number of benzene rings is 2. The van der Waals surface area contributed by atoms with Crippen LogP contribution in [0, 0.1) is 12.7 Å². The van der Waals surface area contributed by atoms with Crippen molar-refractivity contribution in [3.05, 3.63) is 59.4 Å². The van der Waals surface area contributed by atoms with Crippen LogP contribution in [0.15, 0.2) is 42.5 Å². The van der Waals surface area contributed by atoms with E-state index in [4.69, 9.17) is 11.6 Å². The number of aryl methyl sites for hydroxylation is 1. The smallest absolute Gasteiger partial charge is 0.146 e. The highest BCUT2D eigenvalue weighted by atomic mass is 35.5. The fourth-order valence-electron chi connectivity index (χ4n) is 2.23. The molecule has 0 aliphatic heterocycles. The number of alkyl halides is 1. The third-order valence-corrected chi connectivity index (χ3v) is 3.42. The average Bonchev–Trinajstić information content (AvgIpc) is 2.43. The molecule has 0 aliphatic carbocycles. The van der Waals surface area contributed by atoms with Crippen molar-refractivity contribution in [1.82, 2.24) is 0 Å². The van der Waals surface area contributed by atoms with Gasteiger partial charge in [-0.2, -0.15) is 0 Å². The minimum Gasteiger partial charge on any atom is -0.339 e. The molecule has 0 atom stereocenters. The summed E-state index contributed by atoms with van der Waals surface area (Å²) >= 11 is 6.01. The van der Waals surface area contributed by atoms with Crippen LogP contribution in [0.2, 0.25) is 0 Å². The number of hydrogen-bond acceptors (Lipinski definition) is 1. The molecule has 0 radical (unpaired) electrons. The maximum absolute atomic E-state index is 14.0. The SMILES string of the molecule is CCN(c1ccccc1F)c1ccc(C)cc1CCl. The molecule has 0 saturated carbocycles. The molecule has 2 aromatic carbocycles. The second-order valence-corrected chi connectivity index (χ2v) is 4.73. The molecule has 100 valence electrons. The number of halogens is 2. The molecule has 3 heteroatoms. The summed E-state index contributed by atoms with van der Waals surface area (Å²) in [5, 5.41) is 0. The lowest BCUT2D eigenvalue weighted by Gasteiger charge is -2.26. The zero-order valence-electron chi connectivity index (χ0n) is 11.2. The highest BCUT2D eigenvalue weighted by molar-refractivity contribution is 6.17. The molecule has 0 N–H and O–H groups in total. The van der Waals surface area contributed by atoms with Gasteiger partial charge in [-0.25, -0.2) is 4.39 Å². The second kappa shape index (κ2) is 6.07. The van der Waals surface area contributed by atoms with Gasteiger partial charge in [0.15, 0.2) is 0 Å². The van der Waals surface area contributed by atoms with E-state index in [2.05, 4.69) is 0 Å². The predicted octanol–water partition coefficient (Wildman–Crippen LogP) is 5.03. The van der Waals surface area contributed by atoms with Crippen molar-refractivity contribution in [2.45, 2.75) is 19.7 Å². The molecule has 2 aromatic rings. The third kappa shape index (κ3) is 2.90. The zero-order valence-corrected chi connectivity index (χ0v) is 11.9. The Hall–Kier alpha value is -1.54. The van der Waals surface area contributed by atoms with Crippen LogP contribution in [0.25, 0.3) is 0 Å². The molecule has 0 aromatic heterocycles. The molecule has 0 saturated heterocycles. The van der Waals surface area contributed by atoms with E-state index in [1.54, 1.807) is 12.1 Å². The van der Waals surface area contributed by atoms with Crippen LogP contribution in [0.3, 0.4) is 0 Å². The first-order valence-electron chi connectivity index (χ1n) is 6.35. The minimum absolute atomic E-state index is 0.217. The standard InChI is InChI=1S/C16H17ClFN/c1-3-19(16-7-5-4-6-14(16)18)15-9-8-12(2)10-13(15)11-17/h4-10H,3,11H2,1-2H3. The Labute approximate surface area is 118 Å². The van der Waals surface area contributed by atoms with E-state index in [9.17, 15) is 4.39 Å². The summed E-state index contributed by atoms with van der Waals surface area (Å²) in [7, 11) is 0. The zero-order chi connectivity index (χ0) is 13.8. The lowest BCUT2D eigenvalue weighted by molar-refractivity contribution is 0.625. The number of para-hydroxylation sites is 1. The first-order valence-corrected chi connectivity index (χ1v) is 6.88. The van der Waals surface area contributed by atoms with Gasteiger partial charge in [0, 0.05) is 18.1 Å². The van der Waals surface area contributed by atoms with Gasteiger partial charge < -0.3 is 4.90 Å². The molecule has 0 amide bonds. The third-order valence-electron chi connectivity index (χ3n) is 3.13. The van der Waals surface area contributed by atoms with E-state index in [1.165, 1.54) is 6.07 Å². The summed E-state index contributed by atoms with van der Waals surface area (Å²) in [4.78, 5) is 1.95. The van der Waals surface area contributed by atoms with Gasteiger partial charge in [-0.15, -0.1) is 11.6 Å². The molecule has 0 bridgehead atoms.